The van der Waals surface area contributed by atoms with Gasteiger partial charge in [0.25, 0.3) is 0 Å². The van der Waals surface area contributed by atoms with Crippen molar-refractivity contribution in [1.29, 1.82) is 0 Å². The molecular formula is C17H36N2S. The van der Waals surface area contributed by atoms with E-state index in [2.05, 4.69) is 37.4 Å². The van der Waals surface area contributed by atoms with Crippen LogP contribution < -0.4 is 5.32 Å². The van der Waals surface area contributed by atoms with Crippen molar-refractivity contribution < 1.29 is 0 Å². The summed E-state index contributed by atoms with van der Waals surface area (Å²) in [6, 6.07) is 0.745. The highest BCUT2D eigenvalue weighted by Gasteiger charge is 2.33. The predicted molar refractivity (Wildman–Crippen MR) is 93.8 cm³/mol. The van der Waals surface area contributed by atoms with Crippen LogP contribution in [0.25, 0.3) is 0 Å². The number of nitrogens with one attached hydrogen (secondary N) is 1. The van der Waals surface area contributed by atoms with Crippen LogP contribution in [0.5, 0.6) is 0 Å². The Morgan fingerprint density at radius 3 is 2.45 bits per heavy atom. The molecule has 0 radical (unpaired) electrons. The number of rotatable bonds is 10. The molecule has 0 aromatic rings. The van der Waals surface area contributed by atoms with Gasteiger partial charge in [0.1, 0.15) is 0 Å². The molecule has 0 bridgehead atoms. The lowest BCUT2D eigenvalue weighted by atomic mass is 9.73. The van der Waals surface area contributed by atoms with Crippen LogP contribution in [0.3, 0.4) is 0 Å². The van der Waals surface area contributed by atoms with E-state index in [1.807, 2.05) is 11.8 Å². The maximum Gasteiger partial charge on any atom is 0.0180 e. The molecule has 2 nitrogen and oxygen atoms in total. The van der Waals surface area contributed by atoms with E-state index in [1.165, 1.54) is 70.3 Å². The molecule has 0 spiro atoms. The molecule has 0 heterocycles. The molecule has 0 saturated heterocycles. The first-order chi connectivity index (χ1) is 9.67. The van der Waals surface area contributed by atoms with E-state index in [0.717, 1.165) is 6.04 Å². The summed E-state index contributed by atoms with van der Waals surface area (Å²) in [6.07, 6.45) is 11.9. The Morgan fingerprint density at radius 2 is 1.90 bits per heavy atom. The van der Waals surface area contributed by atoms with Crippen LogP contribution in [0.1, 0.15) is 58.8 Å². The third-order valence-corrected chi connectivity index (χ3v) is 5.60. The van der Waals surface area contributed by atoms with E-state index in [1.54, 1.807) is 0 Å². The largest absolute Gasteiger partial charge is 0.316 e. The summed E-state index contributed by atoms with van der Waals surface area (Å²) in [5.74, 6) is 1.27. The minimum Gasteiger partial charge on any atom is -0.316 e. The van der Waals surface area contributed by atoms with Gasteiger partial charge in [0.05, 0.1) is 0 Å². The zero-order valence-electron chi connectivity index (χ0n) is 14.2. The van der Waals surface area contributed by atoms with Crippen molar-refractivity contribution in [3.05, 3.63) is 0 Å². The summed E-state index contributed by atoms with van der Waals surface area (Å²) in [4.78, 5) is 2.65. The molecule has 0 amide bonds. The van der Waals surface area contributed by atoms with Gasteiger partial charge >= 0.3 is 0 Å². The maximum absolute atomic E-state index is 3.71. The van der Waals surface area contributed by atoms with Crippen LogP contribution in [0, 0.1) is 5.41 Å². The third-order valence-electron chi connectivity index (χ3n) is 4.88. The van der Waals surface area contributed by atoms with Gasteiger partial charge in [0.2, 0.25) is 0 Å². The Kier molecular flexibility index (Phi) is 9.23. The zero-order chi connectivity index (χ0) is 14.8. The fourth-order valence-corrected chi connectivity index (χ4v) is 4.51. The van der Waals surface area contributed by atoms with Gasteiger partial charge in [0.15, 0.2) is 0 Å². The van der Waals surface area contributed by atoms with Crippen molar-refractivity contribution in [2.45, 2.75) is 64.8 Å². The molecule has 1 aliphatic carbocycles. The van der Waals surface area contributed by atoms with Gasteiger partial charge in [-0.3, -0.25) is 0 Å². The smallest absolute Gasteiger partial charge is 0.0180 e. The number of nitrogens with zero attached hydrogens (tertiary/aromatic N) is 1. The van der Waals surface area contributed by atoms with E-state index < -0.39 is 0 Å². The summed E-state index contributed by atoms with van der Waals surface area (Å²) < 4.78 is 0. The molecule has 0 aromatic carbocycles. The zero-order valence-corrected chi connectivity index (χ0v) is 15.0. The molecule has 3 heteroatoms. The SMILES string of the molecule is CCCNCC1(CN(C)C(CC)CSC)CCCCC1. The molecular weight excluding hydrogens is 264 g/mol. The van der Waals surface area contributed by atoms with Gasteiger partial charge in [-0.1, -0.05) is 33.1 Å². The quantitative estimate of drug-likeness (QED) is 0.614. The first kappa shape index (κ1) is 18.3. The van der Waals surface area contributed by atoms with E-state index in [-0.39, 0.29) is 0 Å². The minimum atomic E-state index is 0.536. The third kappa shape index (κ3) is 5.95. The highest BCUT2D eigenvalue weighted by atomic mass is 32.2. The predicted octanol–water partition coefficient (Wildman–Crippen LogP) is 4.01. The number of hydrogen-bond donors (Lipinski definition) is 1. The van der Waals surface area contributed by atoms with Gasteiger partial charge in [-0.25, -0.2) is 0 Å². The highest BCUT2D eigenvalue weighted by Crippen LogP contribution is 2.37. The van der Waals surface area contributed by atoms with Gasteiger partial charge in [-0.15, -0.1) is 0 Å². The Labute approximate surface area is 131 Å². The average Bonchev–Trinajstić information content (AvgIpc) is 2.46. The number of thioether (sulfide) groups is 1. The second kappa shape index (κ2) is 10.1. The molecule has 120 valence electrons. The fraction of sp³-hybridized carbons (Fsp3) is 1.00. The summed E-state index contributed by atoms with van der Waals surface area (Å²) in [6.45, 7) is 8.27. The Morgan fingerprint density at radius 1 is 1.20 bits per heavy atom. The maximum atomic E-state index is 3.71. The number of hydrogen-bond acceptors (Lipinski definition) is 3. The van der Waals surface area contributed by atoms with E-state index >= 15 is 0 Å². The molecule has 1 fully saturated rings. The standard InChI is InChI=1S/C17H36N2S/c1-5-12-18-14-17(10-8-7-9-11-17)15-19(3)16(6-2)13-20-4/h16,18H,5-15H2,1-4H3. The molecule has 1 atom stereocenters. The van der Waals surface area contributed by atoms with Crippen molar-refractivity contribution in [2.75, 3.05) is 38.7 Å². The Balaban J connectivity index is 2.58. The van der Waals surface area contributed by atoms with Crippen LogP contribution in [0.2, 0.25) is 0 Å². The summed E-state index contributed by atoms with van der Waals surface area (Å²) in [5, 5.41) is 3.71. The summed E-state index contributed by atoms with van der Waals surface area (Å²) >= 11 is 1.99. The van der Waals surface area contributed by atoms with Crippen LogP contribution in [-0.2, 0) is 0 Å². The van der Waals surface area contributed by atoms with Crippen LogP contribution in [-0.4, -0.2) is 49.6 Å². The lowest BCUT2D eigenvalue weighted by Gasteiger charge is -2.42. The molecule has 1 aliphatic rings. The van der Waals surface area contributed by atoms with Crippen molar-refractivity contribution >= 4 is 11.8 Å². The van der Waals surface area contributed by atoms with Crippen LogP contribution in [0.15, 0.2) is 0 Å². The van der Waals surface area contributed by atoms with Gasteiger partial charge < -0.3 is 10.2 Å². The first-order valence-corrected chi connectivity index (χ1v) is 9.96. The van der Waals surface area contributed by atoms with Crippen molar-refractivity contribution in [2.24, 2.45) is 5.41 Å². The van der Waals surface area contributed by atoms with E-state index in [4.69, 9.17) is 0 Å². The van der Waals surface area contributed by atoms with Gasteiger partial charge in [-0.05, 0) is 50.9 Å². The van der Waals surface area contributed by atoms with Gasteiger partial charge in [0, 0.05) is 24.9 Å². The fourth-order valence-electron chi connectivity index (χ4n) is 3.63. The first-order valence-electron chi connectivity index (χ1n) is 8.57. The Bertz CT molecular complexity index is 239. The molecule has 1 rings (SSSR count). The van der Waals surface area contributed by atoms with E-state index in [0.29, 0.717) is 5.41 Å². The normalized spacial score (nSPS) is 20.2. The second-order valence-corrected chi connectivity index (χ2v) is 7.58. The molecule has 20 heavy (non-hydrogen) atoms. The molecule has 1 unspecified atom stereocenters. The molecule has 0 aromatic heterocycles. The van der Waals surface area contributed by atoms with Crippen molar-refractivity contribution in [1.82, 2.24) is 10.2 Å². The molecule has 1 N–H and O–H groups in total. The van der Waals surface area contributed by atoms with E-state index in [9.17, 15) is 0 Å². The molecule has 1 saturated carbocycles. The lowest BCUT2D eigenvalue weighted by Crippen LogP contribution is -2.47. The highest BCUT2D eigenvalue weighted by molar-refractivity contribution is 7.98. The van der Waals surface area contributed by atoms with Crippen molar-refractivity contribution in [3.63, 3.8) is 0 Å². The Hall–Kier alpha value is 0.270. The monoisotopic (exact) mass is 300 g/mol. The average molecular weight is 301 g/mol. The summed E-state index contributed by atoms with van der Waals surface area (Å²) in [5.41, 5.74) is 0.536. The van der Waals surface area contributed by atoms with Crippen LogP contribution >= 0.6 is 11.8 Å². The second-order valence-electron chi connectivity index (χ2n) is 6.67. The van der Waals surface area contributed by atoms with Crippen molar-refractivity contribution in [3.8, 4) is 0 Å². The lowest BCUT2D eigenvalue weighted by molar-refractivity contribution is 0.0972. The minimum absolute atomic E-state index is 0.536. The molecule has 0 aliphatic heterocycles. The van der Waals surface area contributed by atoms with Crippen LogP contribution in [0.4, 0.5) is 0 Å². The topological polar surface area (TPSA) is 15.3 Å². The van der Waals surface area contributed by atoms with Gasteiger partial charge in [-0.2, -0.15) is 11.8 Å². The summed E-state index contributed by atoms with van der Waals surface area (Å²) in [7, 11) is 2.35.